The molecule has 0 saturated heterocycles. The summed E-state index contributed by atoms with van der Waals surface area (Å²) in [5.41, 5.74) is 2.06. The Morgan fingerprint density at radius 1 is 1.26 bits per heavy atom. The van der Waals surface area contributed by atoms with Crippen LogP contribution < -0.4 is 0 Å². The fourth-order valence-corrected chi connectivity index (χ4v) is 2.67. The molecule has 23 heavy (non-hydrogen) atoms. The Morgan fingerprint density at radius 3 is 2.48 bits per heavy atom. The van der Waals surface area contributed by atoms with E-state index in [1.54, 1.807) is 25.0 Å². The molecule has 1 aromatic rings. The van der Waals surface area contributed by atoms with E-state index in [1.807, 2.05) is 24.3 Å². The van der Waals surface area contributed by atoms with Crippen LogP contribution in [0, 0.1) is 0 Å². The molecule has 122 valence electrons. The second-order valence-corrected chi connectivity index (χ2v) is 5.93. The number of allylic oxidation sites excluding steroid dienone is 1. The first kappa shape index (κ1) is 17.4. The SMILES string of the molecule is COCCN1C(=O)/C(=C\c2ccc(Br)cc2)C(C(=O)OC)=C1C. The maximum atomic E-state index is 12.7. The third-order valence-corrected chi connectivity index (χ3v) is 4.13. The van der Waals surface area contributed by atoms with Gasteiger partial charge in [-0.3, -0.25) is 4.79 Å². The molecule has 1 aliphatic heterocycles. The summed E-state index contributed by atoms with van der Waals surface area (Å²) >= 11 is 3.37. The topological polar surface area (TPSA) is 55.8 Å². The monoisotopic (exact) mass is 379 g/mol. The van der Waals surface area contributed by atoms with Gasteiger partial charge in [-0.1, -0.05) is 28.1 Å². The molecule has 0 N–H and O–H groups in total. The van der Waals surface area contributed by atoms with Gasteiger partial charge in [-0.15, -0.1) is 0 Å². The molecule has 0 spiro atoms. The van der Waals surface area contributed by atoms with Gasteiger partial charge in [0, 0.05) is 23.8 Å². The molecule has 0 fully saturated rings. The summed E-state index contributed by atoms with van der Waals surface area (Å²) < 4.78 is 10.8. The molecule has 0 aromatic heterocycles. The van der Waals surface area contributed by atoms with Crippen LogP contribution in [0.5, 0.6) is 0 Å². The lowest BCUT2D eigenvalue weighted by Gasteiger charge is -2.16. The van der Waals surface area contributed by atoms with E-state index in [9.17, 15) is 9.59 Å². The molecule has 1 amide bonds. The third kappa shape index (κ3) is 3.71. The highest BCUT2D eigenvalue weighted by atomic mass is 79.9. The van der Waals surface area contributed by atoms with Crippen LogP contribution in [-0.4, -0.2) is 44.1 Å². The van der Waals surface area contributed by atoms with Crippen LogP contribution in [0.25, 0.3) is 6.08 Å². The molecule has 1 aliphatic rings. The molecule has 0 aliphatic carbocycles. The molecule has 0 radical (unpaired) electrons. The highest BCUT2D eigenvalue weighted by Gasteiger charge is 2.36. The van der Waals surface area contributed by atoms with Gasteiger partial charge in [-0.25, -0.2) is 4.79 Å². The van der Waals surface area contributed by atoms with E-state index in [-0.39, 0.29) is 5.91 Å². The zero-order chi connectivity index (χ0) is 17.0. The van der Waals surface area contributed by atoms with E-state index in [1.165, 1.54) is 7.11 Å². The molecule has 0 atom stereocenters. The lowest BCUT2D eigenvalue weighted by Crippen LogP contribution is -2.28. The Morgan fingerprint density at radius 2 is 1.91 bits per heavy atom. The largest absolute Gasteiger partial charge is 0.465 e. The Balaban J connectivity index is 2.45. The molecular weight excluding hydrogens is 362 g/mol. The van der Waals surface area contributed by atoms with Crippen molar-refractivity contribution in [2.75, 3.05) is 27.4 Å². The van der Waals surface area contributed by atoms with Gasteiger partial charge in [0.2, 0.25) is 0 Å². The second kappa shape index (κ2) is 7.57. The van der Waals surface area contributed by atoms with Gasteiger partial charge < -0.3 is 14.4 Å². The maximum Gasteiger partial charge on any atom is 0.340 e. The Hall–Kier alpha value is -1.92. The molecule has 0 unspecified atom stereocenters. The smallest absolute Gasteiger partial charge is 0.340 e. The number of esters is 1. The number of hydrogen-bond donors (Lipinski definition) is 0. The molecule has 1 aromatic carbocycles. The zero-order valence-corrected chi connectivity index (χ0v) is 14.8. The lowest BCUT2D eigenvalue weighted by molar-refractivity contribution is -0.136. The predicted octanol–water partition coefficient (Wildman–Crippen LogP) is 2.77. The van der Waals surface area contributed by atoms with Crippen molar-refractivity contribution >= 4 is 33.9 Å². The van der Waals surface area contributed by atoms with Crippen molar-refractivity contribution in [3.05, 3.63) is 51.1 Å². The van der Waals surface area contributed by atoms with Gasteiger partial charge in [0.15, 0.2) is 0 Å². The summed E-state index contributed by atoms with van der Waals surface area (Å²) in [7, 11) is 2.88. The number of hydrogen-bond acceptors (Lipinski definition) is 4. The van der Waals surface area contributed by atoms with E-state index in [4.69, 9.17) is 9.47 Å². The first-order valence-electron chi connectivity index (χ1n) is 7.07. The van der Waals surface area contributed by atoms with Crippen molar-refractivity contribution in [1.29, 1.82) is 0 Å². The number of carbonyl (C=O) groups excluding carboxylic acids is 2. The predicted molar refractivity (Wildman–Crippen MR) is 90.4 cm³/mol. The van der Waals surface area contributed by atoms with E-state index in [0.717, 1.165) is 10.0 Å². The number of benzene rings is 1. The normalized spacial score (nSPS) is 16.4. The van der Waals surface area contributed by atoms with Gasteiger partial charge in [0.05, 0.1) is 24.9 Å². The number of amides is 1. The van der Waals surface area contributed by atoms with E-state index < -0.39 is 5.97 Å². The molecular formula is C17H18BrNO4. The van der Waals surface area contributed by atoms with Gasteiger partial charge >= 0.3 is 5.97 Å². The van der Waals surface area contributed by atoms with Crippen LogP contribution in [0.15, 0.2) is 45.6 Å². The highest BCUT2D eigenvalue weighted by Crippen LogP contribution is 2.31. The zero-order valence-electron chi connectivity index (χ0n) is 13.3. The van der Waals surface area contributed by atoms with E-state index >= 15 is 0 Å². The summed E-state index contributed by atoms with van der Waals surface area (Å²) in [6, 6.07) is 7.49. The summed E-state index contributed by atoms with van der Waals surface area (Å²) in [5.74, 6) is -0.734. The number of halogens is 1. The van der Waals surface area contributed by atoms with Crippen molar-refractivity contribution in [3.8, 4) is 0 Å². The number of methoxy groups -OCH3 is 2. The third-order valence-electron chi connectivity index (χ3n) is 3.60. The lowest BCUT2D eigenvalue weighted by atomic mass is 10.0. The minimum atomic E-state index is -0.515. The van der Waals surface area contributed by atoms with E-state index in [0.29, 0.717) is 30.0 Å². The van der Waals surface area contributed by atoms with Crippen LogP contribution in [0.3, 0.4) is 0 Å². The molecule has 6 heteroatoms. The first-order chi connectivity index (χ1) is 11.0. The van der Waals surface area contributed by atoms with Gasteiger partial charge in [0.25, 0.3) is 5.91 Å². The Kier molecular flexibility index (Phi) is 5.74. The van der Waals surface area contributed by atoms with Crippen molar-refractivity contribution < 1.29 is 19.1 Å². The minimum Gasteiger partial charge on any atom is -0.465 e. The quantitative estimate of drug-likeness (QED) is 0.582. The van der Waals surface area contributed by atoms with E-state index in [2.05, 4.69) is 15.9 Å². The standard InChI is InChI=1S/C17H18BrNO4/c1-11-15(17(21)23-3)14(16(20)19(11)8-9-22-2)10-12-4-6-13(18)7-5-12/h4-7,10H,8-9H2,1-3H3/b14-10-. The number of rotatable bonds is 5. The van der Waals surface area contributed by atoms with Crippen LogP contribution in [-0.2, 0) is 19.1 Å². The van der Waals surface area contributed by atoms with Crippen LogP contribution >= 0.6 is 15.9 Å². The number of nitrogens with zero attached hydrogens (tertiary/aromatic N) is 1. The van der Waals surface area contributed by atoms with Crippen molar-refractivity contribution in [2.24, 2.45) is 0 Å². The van der Waals surface area contributed by atoms with Crippen LogP contribution in [0.1, 0.15) is 12.5 Å². The van der Waals surface area contributed by atoms with Crippen LogP contribution in [0.4, 0.5) is 0 Å². The minimum absolute atomic E-state index is 0.220. The Bertz CT molecular complexity index is 676. The van der Waals surface area contributed by atoms with Crippen LogP contribution in [0.2, 0.25) is 0 Å². The van der Waals surface area contributed by atoms with Crippen molar-refractivity contribution in [2.45, 2.75) is 6.92 Å². The fourth-order valence-electron chi connectivity index (χ4n) is 2.41. The molecule has 0 bridgehead atoms. The number of carbonyl (C=O) groups is 2. The summed E-state index contributed by atoms with van der Waals surface area (Å²) in [5, 5.41) is 0. The molecule has 1 heterocycles. The maximum absolute atomic E-state index is 12.7. The molecule has 2 rings (SSSR count). The molecule has 0 saturated carbocycles. The second-order valence-electron chi connectivity index (χ2n) is 5.01. The summed E-state index contributed by atoms with van der Waals surface area (Å²) in [4.78, 5) is 26.3. The average molecular weight is 380 g/mol. The fraction of sp³-hybridized carbons (Fsp3) is 0.294. The first-order valence-corrected chi connectivity index (χ1v) is 7.86. The van der Waals surface area contributed by atoms with Gasteiger partial charge in [-0.05, 0) is 30.7 Å². The summed E-state index contributed by atoms with van der Waals surface area (Å²) in [6.07, 6.45) is 1.71. The van der Waals surface area contributed by atoms with Gasteiger partial charge in [-0.2, -0.15) is 0 Å². The van der Waals surface area contributed by atoms with Crippen molar-refractivity contribution in [3.63, 3.8) is 0 Å². The molecule has 5 nitrogen and oxygen atoms in total. The average Bonchev–Trinajstić information content (AvgIpc) is 2.77. The van der Waals surface area contributed by atoms with Crippen molar-refractivity contribution in [1.82, 2.24) is 4.90 Å². The van der Waals surface area contributed by atoms with Gasteiger partial charge in [0.1, 0.15) is 0 Å². The highest BCUT2D eigenvalue weighted by molar-refractivity contribution is 9.10. The number of ether oxygens (including phenoxy) is 2. The Labute approximate surface area is 143 Å². The summed E-state index contributed by atoms with van der Waals surface area (Å²) in [6.45, 7) is 2.52.